The Kier molecular flexibility index (Phi) is 5.22. The van der Waals surface area contributed by atoms with E-state index in [0.29, 0.717) is 6.54 Å². The van der Waals surface area contributed by atoms with Gasteiger partial charge in [0.1, 0.15) is 6.10 Å². The van der Waals surface area contributed by atoms with E-state index in [2.05, 4.69) is 25.5 Å². The number of amides is 1. The largest absolute Gasteiger partial charge is 0.443 e. The molecule has 1 aromatic rings. The minimum absolute atomic E-state index is 0.0387. The van der Waals surface area contributed by atoms with Gasteiger partial charge in [-0.25, -0.2) is 4.79 Å². The molecule has 1 heterocycles. The maximum atomic E-state index is 12.0. The number of ether oxygens (including phenoxy) is 1. The van der Waals surface area contributed by atoms with Crippen LogP contribution < -0.4 is 9.62 Å². The summed E-state index contributed by atoms with van der Waals surface area (Å²) in [4.78, 5) is 13.6. The Hall–Kier alpha value is -1.64. The van der Waals surface area contributed by atoms with E-state index >= 15 is 0 Å². The second kappa shape index (κ2) is 6.70. The van der Waals surface area contributed by atoms with Gasteiger partial charge in [-0.2, -0.15) is 17.4 Å². The molecule has 0 radical (unpaired) electrons. The Labute approximate surface area is 143 Å². The van der Waals surface area contributed by atoms with Gasteiger partial charge >= 0.3 is 6.09 Å². The van der Waals surface area contributed by atoms with Crippen molar-refractivity contribution in [3.05, 3.63) is 29.8 Å². The van der Waals surface area contributed by atoms with Gasteiger partial charge in [0.15, 0.2) is 0 Å². The number of hydrogen-bond acceptors (Lipinski definition) is 4. The van der Waals surface area contributed by atoms with Gasteiger partial charge in [0.05, 0.1) is 13.1 Å². The van der Waals surface area contributed by atoms with E-state index in [0.717, 1.165) is 9.99 Å². The number of nitrogens with zero attached hydrogens (tertiary/aromatic N) is 2. The third-order valence-corrected chi connectivity index (χ3v) is 5.39. The normalized spacial score (nSPS) is 19.0. The molecule has 1 atom stereocenters. The number of cyclic esters (lactones) is 1. The van der Waals surface area contributed by atoms with Gasteiger partial charge in [-0.15, -0.1) is 0 Å². The lowest BCUT2D eigenvalue weighted by molar-refractivity contribution is 0.143. The van der Waals surface area contributed by atoms with E-state index in [9.17, 15) is 13.2 Å². The van der Waals surface area contributed by atoms with E-state index in [1.807, 2.05) is 24.3 Å². The molecule has 1 fully saturated rings. The van der Waals surface area contributed by atoms with Crippen LogP contribution in [0, 0.1) is 0 Å². The molecule has 24 heavy (non-hydrogen) atoms. The van der Waals surface area contributed by atoms with Crippen LogP contribution in [0.1, 0.15) is 26.3 Å². The first-order valence-corrected chi connectivity index (χ1v) is 9.20. The SMILES string of the molecule is CN(C)S(=O)(=O)NCC1CN(c2ccc(C(C)(C)C)cc2)C(=O)O1. The molecule has 1 aliphatic heterocycles. The molecule has 0 aliphatic carbocycles. The van der Waals surface area contributed by atoms with Crippen LogP contribution in [0.3, 0.4) is 0 Å². The summed E-state index contributed by atoms with van der Waals surface area (Å²) in [6.45, 7) is 6.73. The minimum Gasteiger partial charge on any atom is -0.443 e. The van der Waals surface area contributed by atoms with Crippen molar-refractivity contribution in [2.45, 2.75) is 32.3 Å². The molecule has 2 rings (SSSR count). The molecule has 0 spiro atoms. The molecule has 1 N–H and O–H groups in total. The fraction of sp³-hybridized carbons (Fsp3) is 0.562. The van der Waals surface area contributed by atoms with Gasteiger partial charge in [-0.05, 0) is 23.1 Å². The van der Waals surface area contributed by atoms with E-state index in [4.69, 9.17) is 4.74 Å². The molecule has 1 aromatic carbocycles. The summed E-state index contributed by atoms with van der Waals surface area (Å²) in [5.41, 5.74) is 1.96. The third kappa shape index (κ3) is 4.25. The van der Waals surface area contributed by atoms with Gasteiger partial charge in [0.2, 0.25) is 0 Å². The number of nitrogens with one attached hydrogen (secondary N) is 1. The molecule has 134 valence electrons. The molecule has 1 amide bonds. The fourth-order valence-corrected chi connectivity index (χ4v) is 2.96. The molecule has 0 saturated carbocycles. The predicted octanol–water partition coefficient (Wildman–Crippen LogP) is 1.71. The third-order valence-electron chi connectivity index (χ3n) is 3.89. The van der Waals surface area contributed by atoms with Gasteiger partial charge in [-0.3, -0.25) is 4.90 Å². The van der Waals surface area contributed by atoms with Crippen LogP contribution in [0.4, 0.5) is 10.5 Å². The summed E-state index contributed by atoms with van der Waals surface area (Å²) >= 11 is 0. The van der Waals surface area contributed by atoms with Crippen LogP contribution >= 0.6 is 0 Å². The average Bonchev–Trinajstić information content (AvgIpc) is 2.85. The summed E-state index contributed by atoms with van der Waals surface area (Å²) in [5.74, 6) is 0. The highest BCUT2D eigenvalue weighted by Gasteiger charge is 2.33. The second-order valence-corrected chi connectivity index (χ2v) is 9.02. The monoisotopic (exact) mass is 355 g/mol. The number of anilines is 1. The van der Waals surface area contributed by atoms with Crippen molar-refractivity contribution in [2.24, 2.45) is 0 Å². The fourth-order valence-electron chi connectivity index (χ4n) is 2.31. The van der Waals surface area contributed by atoms with Gasteiger partial charge in [0.25, 0.3) is 10.2 Å². The minimum atomic E-state index is -3.53. The van der Waals surface area contributed by atoms with Crippen molar-refractivity contribution in [2.75, 3.05) is 32.1 Å². The van der Waals surface area contributed by atoms with Crippen LogP contribution in [0.15, 0.2) is 24.3 Å². The van der Waals surface area contributed by atoms with Crippen LogP contribution in [0.5, 0.6) is 0 Å². The van der Waals surface area contributed by atoms with Crippen LogP contribution in [-0.4, -0.2) is 52.1 Å². The molecule has 1 aliphatic rings. The maximum absolute atomic E-state index is 12.0. The van der Waals surface area contributed by atoms with Crippen LogP contribution in [-0.2, 0) is 20.4 Å². The molecule has 8 heteroatoms. The van der Waals surface area contributed by atoms with Crippen LogP contribution in [0.2, 0.25) is 0 Å². The van der Waals surface area contributed by atoms with Crippen molar-refractivity contribution in [3.63, 3.8) is 0 Å². The predicted molar refractivity (Wildman–Crippen MR) is 93.4 cm³/mol. The van der Waals surface area contributed by atoms with E-state index in [1.165, 1.54) is 24.6 Å². The van der Waals surface area contributed by atoms with Crippen molar-refractivity contribution in [3.8, 4) is 0 Å². The molecule has 0 aromatic heterocycles. The number of carbonyl (C=O) groups excluding carboxylic acids is 1. The molecule has 1 unspecified atom stereocenters. The molecule has 7 nitrogen and oxygen atoms in total. The lowest BCUT2D eigenvalue weighted by Crippen LogP contribution is -2.40. The average molecular weight is 355 g/mol. The molecule has 1 saturated heterocycles. The number of hydrogen-bond donors (Lipinski definition) is 1. The quantitative estimate of drug-likeness (QED) is 0.872. The summed E-state index contributed by atoms with van der Waals surface area (Å²) in [6, 6.07) is 7.75. The maximum Gasteiger partial charge on any atom is 0.414 e. The van der Waals surface area contributed by atoms with Gasteiger partial charge in [-0.1, -0.05) is 32.9 Å². The summed E-state index contributed by atoms with van der Waals surface area (Å²) in [5, 5.41) is 0. The smallest absolute Gasteiger partial charge is 0.414 e. The Morgan fingerprint density at radius 1 is 1.25 bits per heavy atom. The highest BCUT2D eigenvalue weighted by Crippen LogP contribution is 2.27. The summed E-state index contributed by atoms with van der Waals surface area (Å²) < 4.78 is 32.2. The molecular formula is C16H25N3O4S. The Morgan fingerprint density at radius 3 is 2.33 bits per heavy atom. The highest BCUT2D eigenvalue weighted by atomic mass is 32.2. The summed E-state index contributed by atoms with van der Waals surface area (Å²) in [6.07, 6.45) is -0.984. The van der Waals surface area contributed by atoms with Crippen molar-refractivity contribution >= 4 is 22.0 Å². The molecular weight excluding hydrogens is 330 g/mol. The van der Waals surface area contributed by atoms with E-state index in [-0.39, 0.29) is 12.0 Å². The van der Waals surface area contributed by atoms with Gasteiger partial charge < -0.3 is 4.74 Å². The van der Waals surface area contributed by atoms with E-state index in [1.54, 1.807) is 0 Å². The number of rotatable bonds is 5. The number of carbonyl (C=O) groups is 1. The zero-order valence-corrected chi connectivity index (χ0v) is 15.6. The van der Waals surface area contributed by atoms with Gasteiger partial charge in [0, 0.05) is 19.8 Å². The standard InChI is InChI=1S/C16H25N3O4S/c1-16(2,3)12-6-8-13(9-7-12)19-11-14(23-15(19)20)10-17-24(21,22)18(4)5/h6-9,14,17H,10-11H2,1-5H3. The molecule has 0 bridgehead atoms. The lowest BCUT2D eigenvalue weighted by atomic mass is 9.87. The zero-order valence-electron chi connectivity index (χ0n) is 14.7. The number of benzene rings is 1. The topological polar surface area (TPSA) is 79.0 Å². The van der Waals surface area contributed by atoms with Crippen LogP contribution in [0.25, 0.3) is 0 Å². The van der Waals surface area contributed by atoms with Crippen molar-refractivity contribution in [1.29, 1.82) is 0 Å². The lowest BCUT2D eigenvalue weighted by Gasteiger charge is -2.20. The first-order chi connectivity index (χ1) is 11.0. The zero-order chi connectivity index (χ0) is 18.1. The highest BCUT2D eigenvalue weighted by molar-refractivity contribution is 7.87. The van der Waals surface area contributed by atoms with E-state index < -0.39 is 22.4 Å². The Morgan fingerprint density at radius 2 is 1.83 bits per heavy atom. The Balaban J connectivity index is 2.02. The first-order valence-electron chi connectivity index (χ1n) is 7.76. The first kappa shape index (κ1) is 18.7. The summed E-state index contributed by atoms with van der Waals surface area (Å²) in [7, 11) is -0.661. The van der Waals surface area contributed by atoms with Crippen molar-refractivity contribution in [1.82, 2.24) is 9.03 Å². The van der Waals surface area contributed by atoms with Crippen molar-refractivity contribution < 1.29 is 17.9 Å². The second-order valence-electron chi connectivity index (χ2n) is 7.05. The Bertz CT molecular complexity index is 693.